The van der Waals surface area contributed by atoms with E-state index in [0.29, 0.717) is 5.02 Å². The minimum atomic E-state index is -1.22. The van der Waals surface area contributed by atoms with Crippen molar-refractivity contribution in [1.29, 1.82) is 0 Å². The number of hydrogen-bond donors (Lipinski definition) is 3. The maximum Gasteiger partial charge on any atom is 0.347 e. The van der Waals surface area contributed by atoms with Crippen LogP contribution in [0.5, 0.6) is 0 Å². The molecule has 1 aliphatic rings. The number of rotatable bonds is 12. The zero-order valence-electron chi connectivity index (χ0n) is 35.2. The summed E-state index contributed by atoms with van der Waals surface area (Å²) in [6.45, 7) is 16.3. The van der Waals surface area contributed by atoms with Gasteiger partial charge in [0.2, 0.25) is 17.7 Å². The van der Waals surface area contributed by atoms with Crippen LogP contribution in [0.2, 0.25) is 5.02 Å². The second-order valence-electron chi connectivity index (χ2n) is 16.9. The molecule has 0 spiro atoms. The Morgan fingerprint density at radius 3 is 2.31 bits per heavy atom. The van der Waals surface area contributed by atoms with Gasteiger partial charge in [0.05, 0.1) is 11.8 Å². The number of nitrogens with one attached hydrogen (secondary N) is 3. The van der Waals surface area contributed by atoms with Gasteiger partial charge in [0.25, 0.3) is 0 Å². The first-order valence-corrected chi connectivity index (χ1v) is 20.2. The van der Waals surface area contributed by atoms with Crippen molar-refractivity contribution in [3.63, 3.8) is 0 Å². The summed E-state index contributed by atoms with van der Waals surface area (Å²) in [7, 11) is 0. The van der Waals surface area contributed by atoms with Crippen molar-refractivity contribution in [2.75, 3.05) is 6.54 Å². The largest absolute Gasteiger partial charge is 0.460 e. The zero-order chi connectivity index (χ0) is 43.2. The van der Waals surface area contributed by atoms with E-state index < -0.39 is 59.0 Å². The van der Waals surface area contributed by atoms with Gasteiger partial charge in [0.15, 0.2) is 6.10 Å². The first kappa shape index (κ1) is 47.4. The molecule has 0 bridgehead atoms. The number of ether oxygens (including phenoxy) is 3. The predicted octanol–water partition coefficient (Wildman–Crippen LogP) is 6.74. The molecule has 316 valence electrons. The number of cyclic esters (lactones) is 2. The fourth-order valence-corrected chi connectivity index (χ4v) is 5.98. The summed E-state index contributed by atoms with van der Waals surface area (Å²) in [5.41, 5.74) is 1.51. The van der Waals surface area contributed by atoms with E-state index >= 15 is 0 Å². The van der Waals surface area contributed by atoms with Gasteiger partial charge in [-0.3, -0.25) is 24.0 Å². The van der Waals surface area contributed by atoms with E-state index in [1.165, 1.54) is 6.08 Å². The van der Waals surface area contributed by atoms with Gasteiger partial charge in [0, 0.05) is 43.3 Å². The van der Waals surface area contributed by atoms with Crippen LogP contribution in [-0.2, 0) is 55.9 Å². The van der Waals surface area contributed by atoms with Gasteiger partial charge in [-0.05, 0) is 88.3 Å². The van der Waals surface area contributed by atoms with E-state index in [4.69, 9.17) is 25.8 Å². The van der Waals surface area contributed by atoms with Crippen molar-refractivity contribution in [2.24, 2.45) is 17.3 Å². The lowest BCUT2D eigenvalue weighted by molar-refractivity contribution is -0.178. The molecule has 4 atom stereocenters. The lowest BCUT2D eigenvalue weighted by Gasteiger charge is -2.29. The summed E-state index contributed by atoms with van der Waals surface area (Å²) in [6.07, 6.45) is 5.28. The SMILES string of the molecule is Cc1ccc(CC2NC(=O)/C=C/CC(C(C)/C=C/c3ccc(CNC(=O)CCC(=O)OC(C)(C)C)cc3)OC(=O)C(CC(C)C)OC(=O)C(C)(C)CNC2=O)cc1Cl. The molecule has 12 nitrogen and oxygen atoms in total. The van der Waals surface area contributed by atoms with E-state index in [-0.39, 0.29) is 62.9 Å². The third-order valence-corrected chi connectivity index (χ3v) is 9.70. The van der Waals surface area contributed by atoms with Crippen molar-refractivity contribution in [2.45, 2.75) is 125 Å². The highest BCUT2D eigenvalue weighted by atomic mass is 35.5. The monoisotopic (exact) mass is 821 g/mol. The fraction of sp³-hybridized carbons (Fsp3) is 0.511. The molecule has 3 rings (SSSR count). The topological polar surface area (TPSA) is 166 Å². The van der Waals surface area contributed by atoms with Gasteiger partial charge in [0.1, 0.15) is 17.7 Å². The molecule has 1 heterocycles. The Bertz CT molecular complexity index is 1830. The van der Waals surface area contributed by atoms with Crippen molar-refractivity contribution < 1.29 is 43.0 Å². The molecule has 0 saturated carbocycles. The highest BCUT2D eigenvalue weighted by Gasteiger charge is 2.37. The number of benzene rings is 2. The average molecular weight is 822 g/mol. The number of carbonyl (C=O) groups excluding carboxylic acids is 6. The molecule has 0 fully saturated rings. The first-order chi connectivity index (χ1) is 27.1. The van der Waals surface area contributed by atoms with Gasteiger partial charge in [-0.15, -0.1) is 0 Å². The number of hydrogen-bond acceptors (Lipinski definition) is 9. The van der Waals surface area contributed by atoms with Crippen LogP contribution >= 0.6 is 11.6 Å². The second kappa shape index (κ2) is 21.7. The summed E-state index contributed by atoms with van der Waals surface area (Å²) in [5.74, 6) is -3.44. The van der Waals surface area contributed by atoms with E-state index in [0.717, 1.165) is 22.3 Å². The molecular weight excluding hydrogens is 762 g/mol. The van der Waals surface area contributed by atoms with E-state index in [1.54, 1.807) is 46.8 Å². The molecule has 3 amide bonds. The Kier molecular flexibility index (Phi) is 17.7. The lowest BCUT2D eigenvalue weighted by atomic mass is 9.93. The molecular formula is C45H60ClN3O9. The maximum atomic E-state index is 13.7. The van der Waals surface area contributed by atoms with Crippen molar-refractivity contribution in [3.8, 4) is 0 Å². The summed E-state index contributed by atoms with van der Waals surface area (Å²) in [4.78, 5) is 78.2. The van der Waals surface area contributed by atoms with Crippen LogP contribution in [-0.4, -0.2) is 66.0 Å². The van der Waals surface area contributed by atoms with Crippen LogP contribution in [0.25, 0.3) is 6.08 Å². The molecule has 1 aliphatic heterocycles. The Balaban J connectivity index is 1.79. The Hall–Kier alpha value is -4.97. The Morgan fingerprint density at radius 1 is 1.00 bits per heavy atom. The molecule has 0 saturated heterocycles. The zero-order valence-corrected chi connectivity index (χ0v) is 36.0. The molecule has 0 radical (unpaired) electrons. The summed E-state index contributed by atoms with van der Waals surface area (Å²) in [5, 5.41) is 8.91. The number of halogens is 1. The van der Waals surface area contributed by atoms with Crippen molar-refractivity contribution in [3.05, 3.63) is 88.0 Å². The van der Waals surface area contributed by atoms with E-state index in [1.807, 2.05) is 76.2 Å². The van der Waals surface area contributed by atoms with Crippen LogP contribution in [0.4, 0.5) is 0 Å². The number of carbonyl (C=O) groups is 6. The predicted molar refractivity (Wildman–Crippen MR) is 223 cm³/mol. The molecule has 4 unspecified atom stereocenters. The minimum absolute atomic E-state index is 0.00416. The second-order valence-corrected chi connectivity index (χ2v) is 17.3. The van der Waals surface area contributed by atoms with Gasteiger partial charge in [-0.2, -0.15) is 0 Å². The average Bonchev–Trinajstić information content (AvgIpc) is 3.13. The highest BCUT2D eigenvalue weighted by Crippen LogP contribution is 2.24. The summed E-state index contributed by atoms with van der Waals surface area (Å²) in [6, 6.07) is 12.0. The van der Waals surface area contributed by atoms with Crippen LogP contribution in [0.1, 0.15) is 103 Å². The number of aryl methyl sites for hydroxylation is 1. The van der Waals surface area contributed by atoms with Crippen LogP contribution in [0.3, 0.4) is 0 Å². The molecule has 58 heavy (non-hydrogen) atoms. The molecule has 3 N–H and O–H groups in total. The third kappa shape index (κ3) is 16.5. The quantitative estimate of drug-likeness (QED) is 0.155. The van der Waals surface area contributed by atoms with Crippen molar-refractivity contribution >= 4 is 53.3 Å². The van der Waals surface area contributed by atoms with Gasteiger partial charge >= 0.3 is 17.9 Å². The maximum absolute atomic E-state index is 13.7. The standard InChI is InChI=1S/C45H60ClN3O9/c1-28(2)23-37-42(54)56-36(30(4)14-15-31-17-19-32(20-18-31)26-47-38(50)21-22-40(52)58-44(5,6)7)11-10-12-39(51)49-35(25-33-16-13-29(3)34(46)24-33)41(53)48-27-45(8,9)43(55)57-37/h10,12-20,24,28,30,35-37H,11,21-23,25-27H2,1-9H3,(H,47,50)(H,48,53)(H,49,51)/b12-10+,15-14+. The molecule has 13 heteroatoms. The summed E-state index contributed by atoms with van der Waals surface area (Å²) < 4.78 is 17.1. The van der Waals surface area contributed by atoms with Gasteiger partial charge in [-0.25, -0.2) is 4.79 Å². The minimum Gasteiger partial charge on any atom is -0.460 e. The van der Waals surface area contributed by atoms with Crippen LogP contribution < -0.4 is 16.0 Å². The van der Waals surface area contributed by atoms with Crippen molar-refractivity contribution in [1.82, 2.24) is 16.0 Å². The Labute approximate surface area is 347 Å². The molecule has 2 aromatic carbocycles. The number of amides is 3. The lowest BCUT2D eigenvalue weighted by Crippen LogP contribution is -2.51. The van der Waals surface area contributed by atoms with Crippen LogP contribution in [0.15, 0.2) is 60.7 Å². The molecule has 2 aromatic rings. The van der Waals surface area contributed by atoms with E-state index in [9.17, 15) is 28.8 Å². The number of esters is 3. The molecule has 0 aliphatic carbocycles. The first-order valence-electron chi connectivity index (χ1n) is 19.8. The highest BCUT2D eigenvalue weighted by molar-refractivity contribution is 6.31. The summed E-state index contributed by atoms with van der Waals surface area (Å²) >= 11 is 6.35. The fourth-order valence-electron chi connectivity index (χ4n) is 5.78. The Morgan fingerprint density at radius 2 is 1.67 bits per heavy atom. The van der Waals surface area contributed by atoms with Gasteiger partial charge in [-0.1, -0.05) is 87.0 Å². The molecule has 0 aromatic heterocycles. The smallest absolute Gasteiger partial charge is 0.347 e. The van der Waals surface area contributed by atoms with E-state index in [2.05, 4.69) is 16.0 Å². The third-order valence-electron chi connectivity index (χ3n) is 9.29. The van der Waals surface area contributed by atoms with Crippen LogP contribution in [0, 0.1) is 24.2 Å². The van der Waals surface area contributed by atoms with Gasteiger partial charge < -0.3 is 30.2 Å². The normalized spacial score (nSPS) is 20.7.